The van der Waals surface area contributed by atoms with Gasteiger partial charge in [-0.05, 0) is 25.7 Å². The zero-order valence-corrected chi connectivity index (χ0v) is 13.0. The summed E-state index contributed by atoms with van der Waals surface area (Å²) >= 11 is 7.65. The summed E-state index contributed by atoms with van der Waals surface area (Å²) in [6.07, 6.45) is 9.96. The first-order valence-corrected chi connectivity index (χ1v) is 8.62. The number of ether oxygens (including phenoxy) is 1. The molecule has 19 heavy (non-hydrogen) atoms. The average molecular weight is 301 g/mol. The minimum atomic E-state index is 0.244. The Kier molecular flexibility index (Phi) is 4.11. The molecule has 1 aliphatic carbocycles. The molecule has 1 aliphatic heterocycles. The molecule has 2 fully saturated rings. The second-order valence-corrected chi connectivity index (χ2v) is 6.96. The summed E-state index contributed by atoms with van der Waals surface area (Å²) in [5, 5.41) is 1.05. The van der Waals surface area contributed by atoms with Crippen LogP contribution in [0.4, 0.5) is 0 Å². The van der Waals surface area contributed by atoms with Gasteiger partial charge < -0.3 is 9.30 Å². The summed E-state index contributed by atoms with van der Waals surface area (Å²) in [5.41, 5.74) is 1.32. The molecule has 0 aromatic carbocycles. The van der Waals surface area contributed by atoms with Crippen LogP contribution in [0.15, 0.2) is 11.4 Å². The topological polar surface area (TPSA) is 27.1 Å². The van der Waals surface area contributed by atoms with Gasteiger partial charge in [0, 0.05) is 12.8 Å². The van der Waals surface area contributed by atoms with Crippen LogP contribution in [0.3, 0.4) is 0 Å². The van der Waals surface area contributed by atoms with E-state index >= 15 is 0 Å². The molecular formula is C14H21ClN2OS. The Bertz CT molecular complexity index is 443. The highest BCUT2D eigenvalue weighted by atomic mass is 35.5. The van der Waals surface area contributed by atoms with Gasteiger partial charge in [0.05, 0.1) is 29.5 Å². The minimum Gasteiger partial charge on any atom is -0.371 e. The van der Waals surface area contributed by atoms with Crippen molar-refractivity contribution in [1.82, 2.24) is 9.55 Å². The van der Waals surface area contributed by atoms with Gasteiger partial charge in [0.25, 0.3) is 0 Å². The lowest BCUT2D eigenvalue weighted by Crippen LogP contribution is -2.25. The van der Waals surface area contributed by atoms with Gasteiger partial charge in [0.1, 0.15) is 0 Å². The molecule has 3 nitrogen and oxygen atoms in total. The van der Waals surface area contributed by atoms with E-state index in [2.05, 4.69) is 9.55 Å². The van der Waals surface area contributed by atoms with Crippen LogP contribution >= 0.6 is 23.4 Å². The Morgan fingerprint density at radius 1 is 1.47 bits per heavy atom. The number of hydrogen-bond acceptors (Lipinski definition) is 3. The Morgan fingerprint density at radius 3 is 2.95 bits per heavy atom. The van der Waals surface area contributed by atoms with Gasteiger partial charge in [-0.15, -0.1) is 11.6 Å². The van der Waals surface area contributed by atoms with Crippen molar-refractivity contribution in [3.05, 3.63) is 11.9 Å². The molecule has 1 atom stereocenters. The third-order valence-corrected chi connectivity index (χ3v) is 5.88. The van der Waals surface area contributed by atoms with Crippen molar-refractivity contribution in [1.29, 1.82) is 0 Å². The standard InChI is InChI=1S/C14H21ClN2OS/c1-17-11(8-15)9-16-13(17)19-10-12-4-7-14(18-12)5-2-3-6-14/h9,12H,2-8,10H2,1H3. The van der Waals surface area contributed by atoms with Crippen molar-refractivity contribution in [2.45, 2.75) is 61.3 Å². The van der Waals surface area contributed by atoms with E-state index in [0.717, 1.165) is 16.6 Å². The van der Waals surface area contributed by atoms with Gasteiger partial charge in [-0.25, -0.2) is 4.98 Å². The quantitative estimate of drug-likeness (QED) is 0.626. The fraction of sp³-hybridized carbons (Fsp3) is 0.786. The summed E-state index contributed by atoms with van der Waals surface area (Å²) in [6.45, 7) is 0. The highest BCUT2D eigenvalue weighted by Crippen LogP contribution is 2.44. The van der Waals surface area contributed by atoms with Crippen LogP contribution in [0.2, 0.25) is 0 Å². The summed E-state index contributed by atoms with van der Waals surface area (Å²) < 4.78 is 8.40. The lowest BCUT2D eigenvalue weighted by molar-refractivity contribution is -0.0267. The fourth-order valence-corrected chi connectivity index (χ4v) is 4.51. The monoisotopic (exact) mass is 300 g/mol. The molecule has 1 aromatic heterocycles. The SMILES string of the molecule is Cn1c(CCl)cnc1SCC1CCC2(CCCC2)O1. The first-order valence-electron chi connectivity index (χ1n) is 7.10. The van der Waals surface area contributed by atoms with Crippen molar-refractivity contribution in [2.24, 2.45) is 7.05 Å². The second kappa shape index (κ2) is 5.66. The first kappa shape index (κ1) is 13.8. The van der Waals surface area contributed by atoms with Crippen LogP contribution < -0.4 is 0 Å². The van der Waals surface area contributed by atoms with Crippen LogP contribution in [-0.4, -0.2) is 27.0 Å². The fourth-order valence-electron chi connectivity index (χ4n) is 3.25. The minimum absolute atomic E-state index is 0.244. The number of rotatable bonds is 4. The maximum atomic E-state index is 6.32. The zero-order chi connectivity index (χ0) is 13.3. The average Bonchev–Trinajstić information content (AvgIpc) is 3.11. The predicted octanol–water partition coefficient (Wildman–Crippen LogP) is 3.74. The van der Waals surface area contributed by atoms with E-state index in [-0.39, 0.29) is 5.60 Å². The number of halogens is 1. The van der Waals surface area contributed by atoms with Crippen LogP contribution in [0.25, 0.3) is 0 Å². The molecule has 5 heteroatoms. The Balaban J connectivity index is 1.54. The third-order valence-electron chi connectivity index (χ3n) is 4.43. The number of imidazole rings is 1. The third kappa shape index (κ3) is 2.81. The van der Waals surface area contributed by atoms with Crippen molar-refractivity contribution < 1.29 is 4.74 Å². The molecule has 1 unspecified atom stereocenters. The number of aromatic nitrogens is 2. The Labute approximate surface area is 124 Å². The van der Waals surface area contributed by atoms with Crippen molar-refractivity contribution in [3.8, 4) is 0 Å². The summed E-state index contributed by atoms with van der Waals surface area (Å²) in [7, 11) is 2.03. The van der Waals surface area contributed by atoms with E-state index in [9.17, 15) is 0 Å². The molecule has 0 N–H and O–H groups in total. The molecule has 1 spiro atoms. The summed E-state index contributed by atoms with van der Waals surface area (Å²) in [5.74, 6) is 1.53. The van der Waals surface area contributed by atoms with Crippen LogP contribution in [0.5, 0.6) is 0 Å². The van der Waals surface area contributed by atoms with E-state index in [0.29, 0.717) is 12.0 Å². The van der Waals surface area contributed by atoms with Gasteiger partial charge in [-0.2, -0.15) is 0 Å². The molecule has 1 saturated carbocycles. The molecule has 0 amide bonds. The van der Waals surface area contributed by atoms with Crippen molar-refractivity contribution in [3.63, 3.8) is 0 Å². The van der Waals surface area contributed by atoms with E-state index in [4.69, 9.17) is 16.3 Å². The number of hydrogen-bond donors (Lipinski definition) is 0. The molecule has 1 saturated heterocycles. The van der Waals surface area contributed by atoms with Gasteiger partial charge in [0.2, 0.25) is 0 Å². The van der Waals surface area contributed by atoms with Crippen molar-refractivity contribution >= 4 is 23.4 Å². The Morgan fingerprint density at radius 2 is 2.26 bits per heavy atom. The normalized spacial score (nSPS) is 25.5. The largest absolute Gasteiger partial charge is 0.371 e. The molecular weight excluding hydrogens is 280 g/mol. The molecule has 1 aromatic rings. The smallest absolute Gasteiger partial charge is 0.168 e. The maximum Gasteiger partial charge on any atom is 0.168 e. The number of nitrogens with zero attached hydrogens (tertiary/aromatic N) is 2. The number of thioether (sulfide) groups is 1. The van der Waals surface area contributed by atoms with Gasteiger partial charge in [0.15, 0.2) is 5.16 Å². The van der Waals surface area contributed by atoms with Crippen LogP contribution in [0.1, 0.15) is 44.2 Å². The lowest BCUT2D eigenvalue weighted by Gasteiger charge is -2.23. The van der Waals surface area contributed by atoms with Crippen LogP contribution in [0, 0.1) is 0 Å². The molecule has 106 valence electrons. The Hall–Kier alpha value is -0.190. The molecule has 3 rings (SSSR count). The zero-order valence-electron chi connectivity index (χ0n) is 11.4. The van der Waals surface area contributed by atoms with Gasteiger partial charge in [-0.1, -0.05) is 24.6 Å². The predicted molar refractivity (Wildman–Crippen MR) is 78.8 cm³/mol. The summed E-state index contributed by atoms with van der Waals surface area (Å²) in [6, 6.07) is 0. The van der Waals surface area contributed by atoms with Crippen LogP contribution in [-0.2, 0) is 17.7 Å². The van der Waals surface area contributed by atoms with E-state index < -0.39 is 0 Å². The highest BCUT2D eigenvalue weighted by Gasteiger charge is 2.42. The molecule has 2 heterocycles. The van der Waals surface area contributed by atoms with E-state index in [1.165, 1.54) is 38.5 Å². The van der Waals surface area contributed by atoms with Gasteiger partial charge >= 0.3 is 0 Å². The molecule has 2 aliphatic rings. The lowest BCUT2D eigenvalue weighted by atomic mass is 9.98. The highest BCUT2D eigenvalue weighted by molar-refractivity contribution is 7.99. The molecule has 0 radical (unpaired) electrons. The first-order chi connectivity index (χ1) is 9.22. The van der Waals surface area contributed by atoms with Gasteiger partial charge in [-0.3, -0.25) is 0 Å². The maximum absolute atomic E-state index is 6.32. The number of alkyl halides is 1. The van der Waals surface area contributed by atoms with E-state index in [1.807, 2.05) is 13.2 Å². The summed E-state index contributed by atoms with van der Waals surface area (Å²) in [4.78, 5) is 4.42. The second-order valence-electron chi connectivity index (χ2n) is 5.70. The van der Waals surface area contributed by atoms with E-state index in [1.54, 1.807) is 11.8 Å². The van der Waals surface area contributed by atoms with Crippen molar-refractivity contribution in [2.75, 3.05) is 5.75 Å². The molecule has 0 bridgehead atoms.